The van der Waals surface area contributed by atoms with Crippen LogP contribution in [0.25, 0.3) is 0 Å². The number of hydrogen-bond acceptors (Lipinski definition) is 2. The van der Waals surface area contributed by atoms with Crippen LogP contribution in [-0.2, 0) is 4.79 Å². The van der Waals surface area contributed by atoms with Gasteiger partial charge in [0.25, 0.3) is 0 Å². The molecule has 2 N–H and O–H groups in total. The molecular weight excluding hydrogens is 248 g/mol. The summed E-state index contributed by atoms with van der Waals surface area (Å²) in [5.41, 5.74) is 6.40. The fourth-order valence-electron chi connectivity index (χ4n) is 3.77. The van der Waals surface area contributed by atoms with Crippen LogP contribution < -0.4 is 5.73 Å². The first-order valence-corrected chi connectivity index (χ1v) is 8.34. The first-order valence-electron chi connectivity index (χ1n) is 8.34. The van der Waals surface area contributed by atoms with Gasteiger partial charge >= 0.3 is 0 Å². The summed E-state index contributed by atoms with van der Waals surface area (Å²) in [7, 11) is 0. The van der Waals surface area contributed by atoms with E-state index in [0.29, 0.717) is 24.3 Å². The molecule has 3 nitrogen and oxygen atoms in total. The average Bonchev–Trinajstić information content (AvgIpc) is 2.58. The molecule has 20 heavy (non-hydrogen) atoms. The third-order valence-corrected chi connectivity index (χ3v) is 5.68. The summed E-state index contributed by atoms with van der Waals surface area (Å²) in [4.78, 5) is 14.7. The summed E-state index contributed by atoms with van der Waals surface area (Å²) >= 11 is 0. The largest absolute Gasteiger partial charge is 0.343 e. The molecule has 0 aromatic rings. The molecule has 1 aliphatic carbocycles. The Kier molecular flexibility index (Phi) is 4.78. The van der Waals surface area contributed by atoms with Crippen LogP contribution in [0.2, 0.25) is 0 Å². The summed E-state index contributed by atoms with van der Waals surface area (Å²) < 4.78 is 0. The van der Waals surface area contributed by atoms with E-state index < -0.39 is 0 Å². The maximum atomic E-state index is 12.5. The van der Waals surface area contributed by atoms with Crippen LogP contribution in [0, 0.1) is 16.7 Å². The third-order valence-electron chi connectivity index (χ3n) is 5.68. The highest BCUT2D eigenvalue weighted by Gasteiger charge is 2.39. The van der Waals surface area contributed by atoms with Gasteiger partial charge in [0, 0.05) is 19.5 Å². The second-order valence-electron chi connectivity index (χ2n) is 8.11. The van der Waals surface area contributed by atoms with E-state index in [4.69, 9.17) is 5.73 Å². The fraction of sp³-hybridized carbons (Fsp3) is 0.941. The Morgan fingerprint density at radius 1 is 1.20 bits per heavy atom. The number of hydrogen-bond donors (Lipinski definition) is 1. The molecule has 116 valence electrons. The van der Waals surface area contributed by atoms with Gasteiger partial charge in [0.15, 0.2) is 0 Å². The van der Waals surface area contributed by atoms with Gasteiger partial charge in [-0.25, -0.2) is 0 Å². The molecule has 3 heteroatoms. The molecular formula is C17H32N2O. The number of amides is 1. The van der Waals surface area contributed by atoms with Crippen LogP contribution in [0.4, 0.5) is 0 Å². The average molecular weight is 280 g/mol. The van der Waals surface area contributed by atoms with E-state index in [1.54, 1.807) is 0 Å². The minimum absolute atomic E-state index is 0.146. The number of carbonyl (C=O) groups excluding carboxylic acids is 1. The van der Waals surface area contributed by atoms with E-state index in [0.717, 1.165) is 44.7 Å². The first kappa shape index (κ1) is 15.8. The smallest absolute Gasteiger partial charge is 0.223 e. The van der Waals surface area contributed by atoms with Crippen LogP contribution in [0.15, 0.2) is 0 Å². The summed E-state index contributed by atoms with van der Waals surface area (Å²) in [6, 6.07) is 0. The zero-order chi connectivity index (χ0) is 14.8. The highest BCUT2D eigenvalue weighted by Crippen LogP contribution is 2.43. The van der Waals surface area contributed by atoms with Gasteiger partial charge < -0.3 is 10.6 Å². The monoisotopic (exact) mass is 280 g/mol. The number of nitrogens with two attached hydrogens (primary N) is 1. The van der Waals surface area contributed by atoms with Gasteiger partial charge in [-0.2, -0.15) is 0 Å². The SMILES string of the molecule is CC(C)(C)C1CCCN(C(=O)CC2(CN)CCC2)CC1. The Morgan fingerprint density at radius 2 is 1.90 bits per heavy atom. The van der Waals surface area contributed by atoms with E-state index >= 15 is 0 Å². The zero-order valence-electron chi connectivity index (χ0n) is 13.6. The molecule has 0 aromatic carbocycles. The topological polar surface area (TPSA) is 46.3 Å². The summed E-state index contributed by atoms with van der Waals surface area (Å²) in [6.45, 7) is 9.55. The van der Waals surface area contributed by atoms with Crippen LogP contribution in [-0.4, -0.2) is 30.4 Å². The molecule has 2 fully saturated rings. The molecule has 1 saturated heterocycles. The highest BCUT2D eigenvalue weighted by molar-refractivity contribution is 5.77. The van der Waals surface area contributed by atoms with Crippen LogP contribution in [0.5, 0.6) is 0 Å². The molecule has 0 spiro atoms. The van der Waals surface area contributed by atoms with Crippen molar-refractivity contribution in [2.24, 2.45) is 22.5 Å². The van der Waals surface area contributed by atoms with E-state index in [9.17, 15) is 4.79 Å². The Labute approximate surface area is 124 Å². The normalized spacial score (nSPS) is 26.8. The summed E-state index contributed by atoms with van der Waals surface area (Å²) in [5, 5.41) is 0. The molecule has 1 aliphatic heterocycles. The van der Waals surface area contributed by atoms with Crippen molar-refractivity contribution in [2.45, 2.75) is 65.7 Å². The lowest BCUT2D eigenvalue weighted by molar-refractivity contribution is -0.135. The number of nitrogens with zero attached hydrogens (tertiary/aromatic N) is 1. The predicted molar refractivity (Wildman–Crippen MR) is 83.3 cm³/mol. The molecule has 1 amide bonds. The molecule has 1 atom stereocenters. The lowest BCUT2D eigenvalue weighted by Crippen LogP contribution is -2.43. The van der Waals surface area contributed by atoms with Gasteiger partial charge in [-0.05, 0) is 55.4 Å². The van der Waals surface area contributed by atoms with Crippen molar-refractivity contribution in [3.63, 3.8) is 0 Å². The molecule has 1 saturated carbocycles. The van der Waals surface area contributed by atoms with Gasteiger partial charge in [0.1, 0.15) is 0 Å². The first-order chi connectivity index (χ1) is 9.36. The van der Waals surface area contributed by atoms with Gasteiger partial charge in [-0.1, -0.05) is 27.2 Å². The van der Waals surface area contributed by atoms with E-state index in [2.05, 4.69) is 25.7 Å². The van der Waals surface area contributed by atoms with Crippen molar-refractivity contribution in [3.05, 3.63) is 0 Å². The van der Waals surface area contributed by atoms with E-state index in [-0.39, 0.29) is 5.41 Å². The predicted octanol–water partition coefficient (Wildman–Crippen LogP) is 3.18. The van der Waals surface area contributed by atoms with Gasteiger partial charge in [-0.3, -0.25) is 4.79 Å². The Balaban J connectivity index is 1.88. The molecule has 0 aromatic heterocycles. The Morgan fingerprint density at radius 3 is 2.40 bits per heavy atom. The minimum atomic E-state index is 0.146. The van der Waals surface area contributed by atoms with Gasteiger partial charge in [-0.15, -0.1) is 0 Å². The maximum absolute atomic E-state index is 12.5. The summed E-state index contributed by atoms with van der Waals surface area (Å²) in [6.07, 6.45) is 7.80. The lowest BCUT2D eigenvalue weighted by Gasteiger charge is -2.41. The number of rotatable bonds is 3. The van der Waals surface area contributed by atoms with Crippen molar-refractivity contribution < 1.29 is 4.79 Å². The van der Waals surface area contributed by atoms with Crippen LogP contribution in [0.3, 0.4) is 0 Å². The molecule has 0 bridgehead atoms. The second-order valence-corrected chi connectivity index (χ2v) is 8.11. The maximum Gasteiger partial charge on any atom is 0.223 e. The highest BCUT2D eigenvalue weighted by atomic mass is 16.2. The Bertz CT molecular complexity index is 336. The van der Waals surface area contributed by atoms with Gasteiger partial charge in [0.2, 0.25) is 5.91 Å². The standard InChI is InChI=1S/C17H32N2O/c1-16(2,3)14-6-4-10-19(11-7-14)15(20)12-17(13-18)8-5-9-17/h14H,4-13,18H2,1-3H3. The van der Waals surface area contributed by atoms with Crippen LogP contribution >= 0.6 is 0 Å². The number of likely N-dealkylation sites (tertiary alicyclic amines) is 1. The zero-order valence-corrected chi connectivity index (χ0v) is 13.6. The minimum Gasteiger partial charge on any atom is -0.343 e. The van der Waals surface area contributed by atoms with E-state index in [1.165, 1.54) is 12.8 Å². The third kappa shape index (κ3) is 3.55. The van der Waals surface area contributed by atoms with Crippen molar-refractivity contribution in [1.82, 2.24) is 4.90 Å². The lowest BCUT2D eigenvalue weighted by atomic mass is 9.66. The fourth-order valence-corrected chi connectivity index (χ4v) is 3.77. The molecule has 1 unspecified atom stereocenters. The van der Waals surface area contributed by atoms with Gasteiger partial charge in [0.05, 0.1) is 0 Å². The van der Waals surface area contributed by atoms with E-state index in [1.807, 2.05) is 0 Å². The quantitative estimate of drug-likeness (QED) is 0.863. The Hall–Kier alpha value is -0.570. The molecule has 0 radical (unpaired) electrons. The van der Waals surface area contributed by atoms with Crippen molar-refractivity contribution in [1.29, 1.82) is 0 Å². The molecule has 1 heterocycles. The van der Waals surface area contributed by atoms with Crippen molar-refractivity contribution >= 4 is 5.91 Å². The summed E-state index contributed by atoms with van der Waals surface area (Å²) in [5.74, 6) is 1.09. The van der Waals surface area contributed by atoms with Crippen molar-refractivity contribution in [3.8, 4) is 0 Å². The second kappa shape index (κ2) is 6.05. The van der Waals surface area contributed by atoms with Crippen molar-refractivity contribution in [2.75, 3.05) is 19.6 Å². The molecule has 2 aliphatic rings. The molecule has 2 rings (SSSR count). The van der Waals surface area contributed by atoms with Crippen LogP contribution in [0.1, 0.15) is 65.7 Å². The number of carbonyl (C=O) groups is 1.